The molecule has 0 saturated heterocycles. The molecule has 21 heavy (non-hydrogen) atoms. The highest BCUT2D eigenvalue weighted by molar-refractivity contribution is 5.69. The number of aliphatic hydroxyl groups is 1. The Morgan fingerprint density at radius 2 is 2.05 bits per heavy atom. The van der Waals surface area contributed by atoms with Crippen molar-refractivity contribution in [3.8, 4) is 0 Å². The minimum atomic E-state index is -0.259. The molecule has 0 spiro atoms. The number of carbonyl (C=O) groups excluding carboxylic acids is 2. The van der Waals surface area contributed by atoms with Crippen LogP contribution in [0.5, 0.6) is 0 Å². The van der Waals surface area contributed by atoms with Crippen molar-refractivity contribution in [3.63, 3.8) is 0 Å². The Labute approximate surface area is 126 Å². The summed E-state index contributed by atoms with van der Waals surface area (Å²) in [5.74, 6) is -0.0510. The summed E-state index contributed by atoms with van der Waals surface area (Å²) in [5.41, 5.74) is 0. The SMILES string of the molecule is COC(=O)CCC/C=C\C[C@H]1[C@@H](CO)CC[C@H]1OC(C)=O. The number of hydrogen-bond donors (Lipinski definition) is 1. The van der Waals surface area contributed by atoms with Crippen LogP contribution in [0.25, 0.3) is 0 Å². The van der Waals surface area contributed by atoms with E-state index < -0.39 is 0 Å². The van der Waals surface area contributed by atoms with Crippen LogP contribution in [-0.4, -0.2) is 36.9 Å². The van der Waals surface area contributed by atoms with Crippen LogP contribution >= 0.6 is 0 Å². The monoisotopic (exact) mass is 298 g/mol. The maximum absolute atomic E-state index is 11.1. The number of rotatable bonds is 8. The minimum absolute atomic E-state index is 0.0839. The zero-order valence-electron chi connectivity index (χ0n) is 12.9. The number of methoxy groups -OCH3 is 1. The second-order valence-corrected chi connectivity index (χ2v) is 5.51. The van der Waals surface area contributed by atoms with Gasteiger partial charge in [-0.2, -0.15) is 0 Å². The van der Waals surface area contributed by atoms with E-state index in [1.54, 1.807) is 0 Å². The third-order valence-electron chi connectivity index (χ3n) is 4.01. The summed E-state index contributed by atoms with van der Waals surface area (Å²) in [6, 6.07) is 0. The third kappa shape index (κ3) is 6.29. The zero-order chi connectivity index (χ0) is 15.7. The van der Waals surface area contributed by atoms with Gasteiger partial charge in [-0.25, -0.2) is 0 Å². The Kier molecular flexibility index (Phi) is 8.05. The van der Waals surface area contributed by atoms with Gasteiger partial charge in [-0.1, -0.05) is 12.2 Å². The van der Waals surface area contributed by atoms with Crippen molar-refractivity contribution >= 4 is 11.9 Å². The summed E-state index contributed by atoms with van der Waals surface area (Å²) in [6.45, 7) is 1.56. The van der Waals surface area contributed by atoms with E-state index in [1.807, 2.05) is 6.08 Å². The Bertz CT molecular complexity index is 364. The highest BCUT2D eigenvalue weighted by atomic mass is 16.5. The van der Waals surface area contributed by atoms with Crippen molar-refractivity contribution in [1.29, 1.82) is 0 Å². The van der Waals surface area contributed by atoms with Crippen LogP contribution in [0.2, 0.25) is 0 Å². The fraction of sp³-hybridized carbons (Fsp3) is 0.750. The lowest BCUT2D eigenvalue weighted by Crippen LogP contribution is -2.25. The van der Waals surface area contributed by atoms with Crippen molar-refractivity contribution in [2.75, 3.05) is 13.7 Å². The second kappa shape index (κ2) is 9.55. The number of unbranched alkanes of at least 4 members (excludes halogenated alkanes) is 1. The summed E-state index contributed by atoms with van der Waals surface area (Å²) in [6.07, 6.45) is 8.56. The summed E-state index contributed by atoms with van der Waals surface area (Å²) < 4.78 is 9.91. The molecule has 1 aliphatic rings. The lowest BCUT2D eigenvalue weighted by Gasteiger charge is -2.22. The maximum atomic E-state index is 11.1. The summed E-state index contributed by atoms with van der Waals surface area (Å²) >= 11 is 0. The fourth-order valence-corrected chi connectivity index (χ4v) is 2.88. The van der Waals surface area contributed by atoms with E-state index in [4.69, 9.17) is 4.74 Å². The maximum Gasteiger partial charge on any atom is 0.305 e. The molecule has 0 aliphatic heterocycles. The van der Waals surface area contributed by atoms with Gasteiger partial charge < -0.3 is 14.6 Å². The van der Waals surface area contributed by atoms with Gasteiger partial charge in [0, 0.05) is 25.9 Å². The smallest absolute Gasteiger partial charge is 0.305 e. The molecule has 1 saturated carbocycles. The van der Waals surface area contributed by atoms with Gasteiger partial charge in [0.1, 0.15) is 6.10 Å². The van der Waals surface area contributed by atoms with Gasteiger partial charge in [-0.05, 0) is 38.0 Å². The molecule has 5 heteroatoms. The molecule has 0 radical (unpaired) electrons. The molecule has 1 aliphatic carbocycles. The predicted octanol–water partition coefficient (Wildman–Crippen LogP) is 2.23. The van der Waals surface area contributed by atoms with Crippen molar-refractivity contribution in [3.05, 3.63) is 12.2 Å². The zero-order valence-corrected chi connectivity index (χ0v) is 12.9. The summed E-state index contributed by atoms with van der Waals surface area (Å²) in [5, 5.41) is 9.40. The second-order valence-electron chi connectivity index (χ2n) is 5.51. The number of hydrogen-bond acceptors (Lipinski definition) is 5. The van der Waals surface area contributed by atoms with Crippen LogP contribution in [-0.2, 0) is 19.1 Å². The van der Waals surface area contributed by atoms with Gasteiger partial charge in [0.15, 0.2) is 0 Å². The van der Waals surface area contributed by atoms with Gasteiger partial charge in [0.2, 0.25) is 0 Å². The first-order chi connectivity index (χ1) is 10.1. The van der Waals surface area contributed by atoms with Crippen molar-refractivity contribution in [2.45, 2.75) is 51.6 Å². The van der Waals surface area contributed by atoms with Crippen LogP contribution in [0.3, 0.4) is 0 Å². The Morgan fingerprint density at radius 1 is 1.29 bits per heavy atom. The molecule has 1 N–H and O–H groups in total. The first-order valence-electron chi connectivity index (χ1n) is 7.58. The normalized spacial score (nSPS) is 25.2. The molecule has 120 valence electrons. The largest absolute Gasteiger partial charge is 0.469 e. The van der Waals surface area contributed by atoms with Gasteiger partial charge in [-0.15, -0.1) is 0 Å². The Hall–Kier alpha value is -1.36. The van der Waals surface area contributed by atoms with Crippen molar-refractivity contribution in [1.82, 2.24) is 0 Å². The van der Waals surface area contributed by atoms with Crippen LogP contribution < -0.4 is 0 Å². The van der Waals surface area contributed by atoms with E-state index in [9.17, 15) is 14.7 Å². The van der Waals surface area contributed by atoms with E-state index in [1.165, 1.54) is 14.0 Å². The first kappa shape index (κ1) is 17.7. The van der Waals surface area contributed by atoms with E-state index >= 15 is 0 Å². The van der Waals surface area contributed by atoms with E-state index in [0.717, 1.165) is 32.1 Å². The molecule has 3 atom stereocenters. The number of esters is 2. The van der Waals surface area contributed by atoms with Crippen molar-refractivity contribution < 1.29 is 24.2 Å². The Balaban J connectivity index is 2.35. The molecule has 0 amide bonds. The molecule has 0 aromatic rings. The molecular formula is C16H26O5. The van der Waals surface area contributed by atoms with Gasteiger partial charge in [0.25, 0.3) is 0 Å². The molecule has 0 aromatic carbocycles. The number of allylic oxidation sites excluding steroid dienone is 2. The number of ether oxygens (including phenoxy) is 2. The van der Waals surface area contributed by atoms with Gasteiger partial charge in [-0.3, -0.25) is 9.59 Å². The molecule has 0 unspecified atom stereocenters. The lowest BCUT2D eigenvalue weighted by atomic mass is 9.92. The average Bonchev–Trinajstić information content (AvgIpc) is 2.83. The number of aliphatic hydroxyl groups excluding tert-OH is 1. The van der Waals surface area contributed by atoms with Gasteiger partial charge >= 0.3 is 11.9 Å². The Morgan fingerprint density at radius 3 is 2.67 bits per heavy atom. The van der Waals surface area contributed by atoms with Crippen LogP contribution in [0, 0.1) is 11.8 Å². The highest BCUT2D eigenvalue weighted by Crippen LogP contribution is 2.36. The standard InChI is InChI=1S/C16H26O5/c1-12(18)21-15-10-9-13(11-17)14(15)7-5-3-4-6-8-16(19)20-2/h3,5,13-15,17H,4,6-11H2,1-2H3/b5-3-/t13-,14+,15-/m1/s1. The average molecular weight is 298 g/mol. The summed E-state index contributed by atoms with van der Waals surface area (Å²) in [4.78, 5) is 22.1. The van der Waals surface area contributed by atoms with E-state index in [0.29, 0.717) is 6.42 Å². The molecule has 0 heterocycles. The topological polar surface area (TPSA) is 72.8 Å². The van der Waals surface area contributed by atoms with Crippen LogP contribution in [0.1, 0.15) is 45.4 Å². The molecule has 1 rings (SSSR count). The highest BCUT2D eigenvalue weighted by Gasteiger charge is 2.36. The molecule has 0 bridgehead atoms. The lowest BCUT2D eigenvalue weighted by molar-refractivity contribution is -0.148. The quantitative estimate of drug-likeness (QED) is 0.422. The molecule has 5 nitrogen and oxygen atoms in total. The predicted molar refractivity (Wildman–Crippen MR) is 78.5 cm³/mol. The number of carbonyl (C=O) groups is 2. The minimum Gasteiger partial charge on any atom is -0.469 e. The fourth-order valence-electron chi connectivity index (χ4n) is 2.88. The van der Waals surface area contributed by atoms with Crippen LogP contribution in [0.4, 0.5) is 0 Å². The third-order valence-corrected chi connectivity index (χ3v) is 4.01. The van der Waals surface area contributed by atoms with Crippen molar-refractivity contribution in [2.24, 2.45) is 11.8 Å². The van der Waals surface area contributed by atoms with Crippen LogP contribution in [0.15, 0.2) is 12.2 Å². The van der Waals surface area contributed by atoms with E-state index in [2.05, 4.69) is 10.8 Å². The first-order valence-corrected chi connectivity index (χ1v) is 7.58. The molecular weight excluding hydrogens is 272 g/mol. The summed E-state index contributed by atoms with van der Waals surface area (Å²) in [7, 11) is 1.39. The molecule has 0 aromatic heterocycles. The molecule has 1 fully saturated rings. The van der Waals surface area contributed by atoms with E-state index in [-0.39, 0.29) is 36.5 Å². The van der Waals surface area contributed by atoms with Gasteiger partial charge in [0.05, 0.1) is 7.11 Å².